The molecule has 0 aromatic carbocycles. The van der Waals surface area contributed by atoms with Crippen molar-refractivity contribution in [3.8, 4) is 0 Å². The van der Waals surface area contributed by atoms with Gasteiger partial charge < -0.3 is 14.4 Å². The third-order valence-electron chi connectivity index (χ3n) is 5.94. The van der Waals surface area contributed by atoms with Crippen molar-refractivity contribution >= 4 is 11.9 Å². The molecule has 9 nitrogen and oxygen atoms in total. The second-order valence-electron chi connectivity index (χ2n) is 8.19. The van der Waals surface area contributed by atoms with Gasteiger partial charge in [-0.3, -0.25) is 19.5 Å². The molecule has 2 aromatic heterocycles. The molecule has 1 amide bonds. The van der Waals surface area contributed by atoms with Gasteiger partial charge >= 0.3 is 0 Å². The van der Waals surface area contributed by atoms with Crippen LogP contribution in [-0.2, 0) is 11.3 Å². The number of carboxylic acid groups (broad SMARTS) is 1. The van der Waals surface area contributed by atoms with Gasteiger partial charge in [-0.1, -0.05) is 6.07 Å². The first-order valence-electron chi connectivity index (χ1n) is 10.8. The Morgan fingerprint density at radius 2 is 1.68 bits per heavy atom. The Kier molecular flexibility index (Phi) is 8.11. The third kappa shape index (κ3) is 6.85. The van der Waals surface area contributed by atoms with Gasteiger partial charge in [-0.2, -0.15) is 0 Å². The van der Waals surface area contributed by atoms with Crippen molar-refractivity contribution < 1.29 is 19.1 Å². The fourth-order valence-electron chi connectivity index (χ4n) is 4.40. The molecule has 1 N–H and O–H groups in total. The molecule has 31 heavy (non-hydrogen) atoms. The summed E-state index contributed by atoms with van der Waals surface area (Å²) < 4.78 is 5.49. The van der Waals surface area contributed by atoms with Crippen LogP contribution in [0.1, 0.15) is 54.9 Å². The summed E-state index contributed by atoms with van der Waals surface area (Å²) in [7, 11) is 0. The monoisotopic (exact) mass is 429 g/mol. The highest BCUT2D eigenvalue weighted by atomic mass is 16.4. The van der Waals surface area contributed by atoms with Gasteiger partial charge in [0.25, 0.3) is 11.9 Å². The number of carbonyl (C=O) groups excluding carboxylic acids is 1. The highest BCUT2D eigenvalue weighted by Gasteiger charge is 2.31. The van der Waals surface area contributed by atoms with E-state index in [9.17, 15) is 4.79 Å². The fraction of sp³-hybridized carbons (Fsp3) is 0.591. The fourth-order valence-corrected chi connectivity index (χ4v) is 4.40. The summed E-state index contributed by atoms with van der Waals surface area (Å²) in [5.41, 5.74) is 0.556. The minimum absolute atomic E-state index is 0.0683. The van der Waals surface area contributed by atoms with Crippen LogP contribution in [0.4, 0.5) is 0 Å². The predicted octanol–water partition coefficient (Wildman–Crippen LogP) is 2.63. The SMILES string of the molecule is CC(=O)O.Cc1nnc(CN2CCC(C3CCN(C(=O)c4ccccn4)CC3)CC2)o1. The number of aryl methyl sites for hydroxylation is 1. The Labute approximate surface area is 182 Å². The van der Waals surface area contributed by atoms with E-state index < -0.39 is 5.97 Å². The van der Waals surface area contributed by atoms with Gasteiger partial charge in [-0.25, -0.2) is 0 Å². The molecule has 168 valence electrons. The Hall–Kier alpha value is -2.81. The maximum Gasteiger partial charge on any atom is 0.300 e. The van der Waals surface area contributed by atoms with E-state index in [-0.39, 0.29) is 5.91 Å². The molecule has 0 atom stereocenters. The first-order valence-corrected chi connectivity index (χ1v) is 10.8. The minimum atomic E-state index is -0.833. The average Bonchev–Trinajstić information content (AvgIpc) is 3.19. The molecule has 0 aliphatic carbocycles. The van der Waals surface area contributed by atoms with Crippen LogP contribution in [0.3, 0.4) is 0 Å². The highest BCUT2D eigenvalue weighted by Crippen LogP contribution is 2.33. The van der Waals surface area contributed by atoms with E-state index in [1.54, 1.807) is 12.3 Å². The van der Waals surface area contributed by atoms with Gasteiger partial charge in [0.05, 0.1) is 6.54 Å². The molecular weight excluding hydrogens is 398 g/mol. The Bertz CT molecular complexity index is 837. The average molecular weight is 430 g/mol. The second kappa shape index (κ2) is 11.0. The van der Waals surface area contributed by atoms with Crippen LogP contribution in [0.25, 0.3) is 0 Å². The molecule has 4 rings (SSSR count). The molecule has 2 aliphatic rings. The molecule has 9 heteroatoms. The first-order chi connectivity index (χ1) is 14.9. The van der Waals surface area contributed by atoms with Crippen molar-refractivity contribution in [3.05, 3.63) is 41.9 Å². The molecular formula is C22H31N5O4. The van der Waals surface area contributed by atoms with Crippen molar-refractivity contribution in [1.29, 1.82) is 0 Å². The van der Waals surface area contributed by atoms with Crippen molar-refractivity contribution in [1.82, 2.24) is 25.0 Å². The van der Waals surface area contributed by atoms with Crippen LogP contribution in [0.15, 0.2) is 28.8 Å². The van der Waals surface area contributed by atoms with Crippen molar-refractivity contribution in [2.45, 2.75) is 46.1 Å². The molecule has 0 unspecified atom stereocenters. The Morgan fingerprint density at radius 1 is 1.06 bits per heavy atom. The zero-order chi connectivity index (χ0) is 22.2. The molecule has 2 aliphatic heterocycles. The number of piperidine rings is 2. The van der Waals surface area contributed by atoms with Crippen LogP contribution >= 0.6 is 0 Å². The third-order valence-corrected chi connectivity index (χ3v) is 5.94. The quantitative estimate of drug-likeness (QED) is 0.789. The number of amides is 1. The number of carbonyl (C=O) groups is 2. The number of rotatable bonds is 4. The van der Waals surface area contributed by atoms with E-state index in [0.29, 0.717) is 17.5 Å². The second-order valence-corrected chi connectivity index (χ2v) is 8.19. The number of hydrogen-bond acceptors (Lipinski definition) is 7. The molecule has 0 radical (unpaired) electrons. The van der Waals surface area contributed by atoms with E-state index in [2.05, 4.69) is 20.1 Å². The van der Waals surface area contributed by atoms with E-state index in [1.807, 2.05) is 24.0 Å². The number of likely N-dealkylation sites (tertiary alicyclic amines) is 2. The molecule has 2 aromatic rings. The lowest BCUT2D eigenvalue weighted by Crippen LogP contribution is -2.42. The number of carboxylic acids is 1. The Morgan fingerprint density at radius 3 is 2.19 bits per heavy atom. The van der Waals surface area contributed by atoms with Crippen LogP contribution in [0.5, 0.6) is 0 Å². The minimum Gasteiger partial charge on any atom is -0.481 e. The molecule has 2 saturated heterocycles. The summed E-state index contributed by atoms with van der Waals surface area (Å²) in [5.74, 6) is 2.07. The van der Waals surface area contributed by atoms with Crippen molar-refractivity contribution in [3.63, 3.8) is 0 Å². The zero-order valence-electron chi connectivity index (χ0n) is 18.2. The molecule has 4 heterocycles. The first kappa shape index (κ1) is 22.9. The Balaban J connectivity index is 0.000000628. The van der Waals surface area contributed by atoms with Crippen LogP contribution in [0.2, 0.25) is 0 Å². The molecule has 0 bridgehead atoms. The summed E-state index contributed by atoms with van der Waals surface area (Å²) >= 11 is 0. The summed E-state index contributed by atoms with van der Waals surface area (Å²) in [6.07, 6.45) is 6.32. The van der Waals surface area contributed by atoms with E-state index in [4.69, 9.17) is 14.3 Å². The zero-order valence-corrected chi connectivity index (χ0v) is 18.2. The van der Waals surface area contributed by atoms with Crippen LogP contribution < -0.4 is 0 Å². The smallest absolute Gasteiger partial charge is 0.300 e. The standard InChI is InChI=1S/C20H27N5O2.C2H4O2/c1-15-22-23-19(27-15)14-24-10-5-16(6-11-24)17-7-12-25(13-8-17)20(26)18-4-2-3-9-21-18;1-2(3)4/h2-4,9,16-17H,5-8,10-14H2,1H3;1H3,(H,3,4). The normalized spacial score (nSPS) is 18.3. The summed E-state index contributed by atoms with van der Waals surface area (Å²) in [4.78, 5) is 30.1. The van der Waals surface area contributed by atoms with Crippen LogP contribution in [0, 0.1) is 18.8 Å². The van der Waals surface area contributed by atoms with Gasteiger partial charge in [0.2, 0.25) is 11.8 Å². The van der Waals surface area contributed by atoms with Crippen molar-refractivity contribution in [2.75, 3.05) is 26.2 Å². The molecule has 0 saturated carbocycles. The van der Waals surface area contributed by atoms with E-state index in [0.717, 1.165) is 64.3 Å². The number of nitrogens with zero attached hydrogens (tertiary/aromatic N) is 5. The molecule has 0 spiro atoms. The van der Waals surface area contributed by atoms with Gasteiger partial charge in [0.15, 0.2) is 0 Å². The highest BCUT2D eigenvalue weighted by molar-refractivity contribution is 5.92. The topological polar surface area (TPSA) is 113 Å². The van der Waals surface area contributed by atoms with Gasteiger partial charge in [-0.15, -0.1) is 10.2 Å². The maximum atomic E-state index is 12.5. The van der Waals surface area contributed by atoms with Gasteiger partial charge in [0, 0.05) is 33.1 Å². The summed E-state index contributed by atoms with van der Waals surface area (Å²) in [5, 5.41) is 15.4. The van der Waals surface area contributed by atoms with E-state index in [1.165, 1.54) is 12.8 Å². The number of aliphatic carboxylic acids is 1. The van der Waals surface area contributed by atoms with E-state index >= 15 is 0 Å². The van der Waals surface area contributed by atoms with Crippen molar-refractivity contribution in [2.24, 2.45) is 11.8 Å². The summed E-state index contributed by atoms with van der Waals surface area (Å²) in [6.45, 7) is 7.53. The lowest BCUT2D eigenvalue weighted by atomic mass is 9.78. The van der Waals surface area contributed by atoms with Gasteiger partial charge in [-0.05, 0) is 62.7 Å². The van der Waals surface area contributed by atoms with Crippen LogP contribution in [-0.4, -0.2) is 68.1 Å². The predicted molar refractivity (Wildman–Crippen MR) is 113 cm³/mol. The number of hydrogen-bond donors (Lipinski definition) is 1. The summed E-state index contributed by atoms with van der Waals surface area (Å²) in [6, 6.07) is 5.51. The molecule has 2 fully saturated rings. The lowest BCUT2D eigenvalue weighted by molar-refractivity contribution is -0.134. The number of pyridine rings is 1. The lowest BCUT2D eigenvalue weighted by Gasteiger charge is -2.39. The maximum absolute atomic E-state index is 12.5. The van der Waals surface area contributed by atoms with Gasteiger partial charge in [0.1, 0.15) is 5.69 Å². The largest absolute Gasteiger partial charge is 0.481 e. The number of aromatic nitrogens is 3.